The first-order valence-electron chi connectivity index (χ1n) is 14.3. The van der Waals surface area contributed by atoms with Crippen molar-refractivity contribution in [2.45, 2.75) is 37.3 Å². The number of sulfonamides is 1. The molecule has 2 heterocycles. The molecule has 3 N–H and O–H groups in total. The molecule has 0 bridgehead atoms. The number of benzene rings is 3. The van der Waals surface area contributed by atoms with Crippen LogP contribution in [0.1, 0.15) is 19.4 Å². The summed E-state index contributed by atoms with van der Waals surface area (Å²) >= 11 is 5.91. The molecule has 0 saturated heterocycles. The first-order valence-corrected chi connectivity index (χ1v) is 16.2. The first kappa shape index (κ1) is 32.2. The molecule has 12 nitrogen and oxygen atoms in total. The van der Waals surface area contributed by atoms with Crippen LogP contribution in [0.3, 0.4) is 0 Å². The van der Waals surface area contributed by atoms with Crippen LogP contribution in [0.25, 0.3) is 0 Å². The van der Waals surface area contributed by atoms with Crippen molar-refractivity contribution in [2.24, 2.45) is 5.92 Å². The van der Waals surface area contributed by atoms with Gasteiger partial charge in [-0.2, -0.15) is 0 Å². The summed E-state index contributed by atoms with van der Waals surface area (Å²) in [4.78, 5) is 29.8. The molecule has 3 aromatic rings. The number of fused-ring (bicyclic) bond motifs is 2. The van der Waals surface area contributed by atoms with E-state index in [1.165, 1.54) is 29.2 Å². The molecule has 0 unspecified atom stereocenters. The van der Waals surface area contributed by atoms with Gasteiger partial charge in [0.05, 0.1) is 30.5 Å². The maximum absolute atomic E-state index is 13.5. The Morgan fingerprint density at radius 2 is 1.76 bits per heavy atom. The van der Waals surface area contributed by atoms with Crippen molar-refractivity contribution < 1.29 is 37.3 Å². The third kappa shape index (κ3) is 7.55. The van der Waals surface area contributed by atoms with E-state index in [-0.39, 0.29) is 61.3 Å². The number of rotatable bonds is 8. The van der Waals surface area contributed by atoms with Gasteiger partial charge in [0, 0.05) is 47.5 Å². The second-order valence-electron chi connectivity index (χ2n) is 11.1. The van der Waals surface area contributed by atoms with Gasteiger partial charge in [0.25, 0.3) is 10.0 Å². The summed E-state index contributed by atoms with van der Waals surface area (Å²) in [5, 5.41) is 13.2. The van der Waals surface area contributed by atoms with Gasteiger partial charge in [-0.3, -0.25) is 9.52 Å². The van der Waals surface area contributed by atoms with Crippen LogP contribution >= 0.6 is 11.6 Å². The number of carbonyl (C=O) groups is 2. The van der Waals surface area contributed by atoms with Gasteiger partial charge in [-0.15, -0.1) is 0 Å². The Kier molecular flexibility index (Phi) is 9.61. The molecule has 3 atom stereocenters. The first-order chi connectivity index (χ1) is 21.4. The van der Waals surface area contributed by atoms with Gasteiger partial charge < -0.3 is 34.4 Å². The Morgan fingerprint density at radius 3 is 2.49 bits per heavy atom. The molecule has 240 valence electrons. The molecule has 3 aromatic carbocycles. The summed E-state index contributed by atoms with van der Waals surface area (Å²) in [6, 6.07) is 14.8. The number of urea groups is 1. The van der Waals surface area contributed by atoms with Gasteiger partial charge in [0.2, 0.25) is 12.7 Å². The van der Waals surface area contributed by atoms with Gasteiger partial charge in [0.1, 0.15) is 11.9 Å². The van der Waals surface area contributed by atoms with E-state index in [9.17, 15) is 23.1 Å². The zero-order valence-corrected chi connectivity index (χ0v) is 26.6. The van der Waals surface area contributed by atoms with Crippen LogP contribution in [-0.2, 0) is 21.2 Å². The summed E-state index contributed by atoms with van der Waals surface area (Å²) in [7, 11) is -2.30. The normalized spacial score (nSPS) is 18.5. The van der Waals surface area contributed by atoms with Gasteiger partial charge in [-0.1, -0.05) is 18.5 Å². The number of anilines is 2. The Bertz CT molecular complexity index is 1670. The average Bonchev–Trinajstić information content (AvgIpc) is 3.48. The molecule has 5 rings (SSSR count). The van der Waals surface area contributed by atoms with Crippen molar-refractivity contribution in [3.63, 3.8) is 0 Å². The predicted molar refractivity (Wildman–Crippen MR) is 168 cm³/mol. The van der Waals surface area contributed by atoms with Crippen LogP contribution in [-0.4, -0.2) is 80.9 Å². The highest BCUT2D eigenvalue weighted by atomic mass is 35.5. The third-order valence-electron chi connectivity index (χ3n) is 7.72. The monoisotopic (exact) mass is 658 g/mol. The van der Waals surface area contributed by atoms with Crippen LogP contribution < -0.4 is 24.2 Å². The zero-order chi connectivity index (χ0) is 32.3. The number of nitrogens with zero attached hydrogens (tertiary/aromatic N) is 2. The molecule has 3 amide bonds. The van der Waals surface area contributed by atoms with Crippen molar-refractivity contribution in [3.05, 3.63) is 71.2 Å². The molecule has 0 aliphatic carbocycles. The van der Waals surface area contributed by atoms with E-state index in [0.717, 1.165) is 0 Å². The van der Waals surface area contributed by atoms with Crippen molar-refractivity contribution in [2.75, 3.05) is 43.6 Å². The summed E-state index contributed by atoms with van der Waals surface area (Å²) in [6.45, 7) is 3.98. The molecular formula is C31H35ClN4O8S. The van der Waals surface area contributed by atoms with Crippen LogP contribution in [0.15, 0.2) is 65.6 Å². The molecular weight excluding hydrogens is 624 g/mol. The largest absolute Gasteiger partial charge is 0.488 e. The van der Waals surface area contributed by atoms with E-state index >= 15 is 0 Å². The van der Waals surface area contributed by atoms with Crippen LogP contribution in [0.2, 0.25) is 5.02 Å². The van der Waals surface area contributed by atoms with Crippen molar-refractivity contribution in [1.29, 1.82) is 0 Å². The lowest BCUT2D eigenvalue weighted by molar-refractivity contribution is -0.134. The number of aliphatic hydroxyl groups excluding tert-OH is 1. The molecule has 0 aromatic heterocycles. The number of ether oxygens (including phenoxy) is 3. The Balaban J connectivity index is 1.38. The Hall–Kier alpha value is -4.20. The van der Waals surface area contributed by atoms with E-state index in [2.05, 4.69) is 10.0 Å². The second-order valence-corrected chi connectivity index (χ2v) is 13.3. The summed E-state index contributed by atoms with van der Waals surface area (Å²) in [5.41, 5.74) is 1.23. The maximum atomic E-state index is 13.5. The highest BCUT2D eigenvalue weighted by Gasteiger charge is 2.32. The molecule has 0 spiro atoms. The van der Waals surface area contributed by atoms with Gasteiger partial charge in [-0.25, -0.2) is 13.2 Å². The zero-order valence-electron chi connectivity index (χ0n) is 25.0. The predicted octanol–water partition coefficient (Wildman–Crippen LogP) is 4.18. The lowest BCUT2D eigenvalue weighted by Gasteiger charge is -2.34. The van der Waals surface area contributed by atoms with Crippen LogP contribution in [0.4, 0.5) is 16.2 Å². The highest BCUT2D eigenvalue weighted by Crippen LogP contribution is 2.34. The number of nitrogens with one attached hydrogen (secondary N) is 2. The lowest BCUT2D eigenvalue weighted by Crippen LogP contribution is -2.48. The fourth-order valence-corrected chi connectivity index (χ4v) is 6.26. The SMILES string of the molecule is C[C@H](CO)N1C[C@H](C)[C@H](CN(C)C(=O)Nc2ccc3c(c2)OCO3)Oc2ccc(NS(=O)(=O)c3ccc(Cl)cc3)cc2CC1=O. The smallest absolute Gasteiger partial charge is 0.321 e. The quantitative estimate of drug-likeness (QED) is 0.327. The van der Waals surface area contributed by atoms with Crippen LogP contribution in [0.5, 0.6) is 17.2 Å². The Morgan fingerprint density at radius 1 is 1.07 bits per heavy atom. The van der Waals surface area contributed by atoms with E-state index in [1.807, 2.05) is 6.92 Å². The van der Waals surface area contributed by atoms with Crippen molar-refractivity contribution in [1.82, 2.24) is 9.80 Å². The fraction of sp³-hybridized carbons (Fsp3) is 0.355. The minimum absolute atomic E-state index is 0.0293. The topological polar surface area (TPSA) is 147 Å². The summed E-state index contributed by atoms with van der Waals surface area (Å²) < 4.78 is 45.8. The lowest BCUT2D eigenvalue weighted by atomic mass is 10.0. The molecule has 45 heavy (non-hydrogen) atoms. The molecule has 2 aliphatic rings. The van der Waals surface area contributed by atoms with Gasteiger partial charge >= 0.3 is 6.03 Å². The number of likely N-dealkylation sites (N-methyl/N-ethyl adjacent to an activating group) is 1. The number of carbonyl (C=O) groups excluding carboxylic acids is 2. The van der Waals surface area contributed by atoms with Gasteiger partial charge in [0.15, 0.2) is 11.5 Å². The summed E-state index contributed by atoms with van der Waals surface area (Å²) in [5.74, 6) is 1.03. The number of halogens is 1. The number of amides is 3. The van der Waals surface area contributed by atoms with Crippen LogP contribution in [0, 0.1) is 5.92 Å². The van der Waals surface area contributed by atoms with E-state index in [4.69, 9.17) is 25.8 Å². The second kappa shape index (κ2) is 13.4. The highest BCUT2D eigenvalue weighted by molar-refractivity contribution is 7.92. The van der Waals surface area contributed by atoms with Gasteiger partial charge in [-0.05, 0) is 61.5 Å². The molecule has 14 heteroatoms. The van der Waals surface area contributed by atoms with E-state index in [0.29, 0.717) is 33.5 Å². The number of hydrogen-bond donors (Lipinski definition) is 3. The number of aliphatic hydroxyl groups is 1. The number of hydrogen-bond acceptors (Lipinski definition) is 8. The van der Waals surface area contributed by atoms with Crippen molar-refractivity contribution >= 4 is 44.9 Å². The van der Waals surface area contributed by atoms with E-state index < -0.39 is 22.2 Å². The standard InChI is InChI=1S/C31H35ClN4O8S/c1-19-15-36(20(2)17-37)30(38)13-21-12-24(34-45(40,41)25-8-4-22(32)5-9-25)7-10-26(21)44-29(19)16-35(3)31(39)33-23-6-11-27-28(14-23)43-18-42-27/h4-12,14,19-20,29,34,37H,13,15-18H2,1-3H3,(H,33,39)/t19-,20+,29-/m0/s1. The van der Waals surface area contributed by atoms with Crippen molar-refractivity contribution in [3.8, 4) is 17.2 Å². The molecule has 2 aliphatic heterocycles. The van der Waals surface area contributed by atoms with E-state index in [1.54, 1.807) is 55.3 Å². The molecule has 0 saturated carbocycles. The fourth-order valence-electron chi connectivity index (χ4n) is 5.08. The minimum atomic E-state index is -3.94. The third-order valence-corrected chi connectivity index (χ3v) is 9.37. The molecule has 0 fully saturated rings. The summed E-state index contributed by atoms with van der Waals surface area (Å²) in [6.07, 6.45) is -0.650. The molecule has 0 radical (unpaired) electrons. The average molecular weight is 659 g/mol. The minimum Gasteiger partial charge on any atom is -0.488 e. The maximum Gasteiger partial charge on any atom is 0.321 e. The Labute approximate surface area is 266 Å².